The van der Waals surface area contributed by atoms with Crippen molar-refractivity contribution in [3.8, 4) is 0 Å². The van der Waals surface area contributed by atoms with E-state index in [2.05, 4.69) is 10.6 Å². The molecule has 5 heteroatoms. The number of alkyl carbamates (subject to hydrolysis) is 1. The third kappa shape index (κ3) is 6.31. The van der Waals surface area contributed by atoms with E-state index in [1.165, 1.54) is 0 Å². The Morgan fingerprint density at radius 1 is 1.30 bits per heavy atom. The van der Waals surface area contributed by atoms with E-state index < -0.39 is 5.60 Å². The third-order valence-electron chi connectivity index (χ3n) is 2.63. The van der Waals surface area contributed by atoms with Gasteiger partial charge in [0.25, 0.3) is 0 Å². The second-order valence-corrected chi connectivity index (χ2v) is 5.78. The smallest absolute Gasteiger partial charge is 0.407 e. The molecule has 1 rings (SSSR count). The van der Waals surface area contributed by atoms with E-state index in [1.807, 2.05) is 45.9 Å². The van der Waals surface area contributed by atoms with Crippen LogP contribution in [0.5, 0.6) is 0 Å². The summed E-state index contributed by atoms with van der Waals surface area (Å²) >= 11 is 0. The topological polar surface area (TPSA) is 76.4 Å². The summed E-state index contributed by atoms with van der Waals surface area (Å²) in [4.78, 5) is 11.4. The molecule has 0 aliphatic carbocycles. The van der Waals surface area contributed by atoms with E-state index >= 15 is 0 Å². The van der Waals surface area contributed by atoms with Crippen LogP contribution in [0.2, 0.25) is 0 Å². The molecule has 20 heavy (non-hydrogen) atoms. The van der Waals surface area contributed by atoms with Crippen molar-refractivity contribution in [2.75, 3.05) is 24.1 Å². The highest BCUT2D eigenvalue weighted by Crippen LogP contribution is 2.16. The minimum absolute atomic E-state index is 0.378. The van der Waals surface area contributed by atoms with Gasteiger partial charge in [0.2, 0.25) is 0 Å². The number of amides is 1. The molecule has 4 N–H and O–H groups in total. The number of hydrogen-bond acceptors (Lipinski definition) is 4. The monoisotopic (exact) mass is 279 g/mol. The number of nitrogens with one attached hydrogen (secondary N) is 2. The van der Waals surface area contributed by atoms with E-state index in [0.717, 1.165) is 29.9 Å². The Morgan fingerprint density at radius 3 is 2.60 bits per heavy atom. The highest BCUT2D eigenvalue weighted by atomic mass is 16.6. The molecule has 0 radical (unpaired) electrons. The van der Waals surface area contributed by atoms with Crippen molar-refractivity contribution < 1.29 is 9.53 Å². The Hall–Kier alpha value is -1.91. The number of rotatable bonds is 5. The number of benzene rings is 1. The molecule has 0 aromatic heterocycles. The summed E-state index contributed by atoms with van der Waals surface area (Å²) in [5, 5.41) is 5.98. The van der Waals surface area contributed by atoms with Crippen molar-refractivity contribution in [2.45, 2.75) is 39.7 Å². The predicted molar refractivity (Wildman–Crippen MR) is 82.9 cm³/mol. The van der Waals surface area contributed by atoms with Crippen LogP contribution in [0, 0.1) is 6.92 Å². The van der Waals surface area contributed by atoms with Gasteiger partial charge in [0.15, 0.2) is 0 Å². The molecular weight excluding hydrogens is 254 g/mol. The summed E-state index contributed by atoms with van der Waals surface area (Å²) in [6.07, 6.45) is 0.435. The Balaban J connectivity index is 2.19. The molecule has 0 unspecified atom stereocenters. The largest absolute Gasteiger partial charge is 0.444 e. The molecule has 1 aromatic carbocycles. The van der Waals surface area contributed by atoms with Gasteiger partial charge in [0.05, 0.1) is 0 Å². The summed E-state index contributed by atoms with van der Waals surface area (Å²) in [5.74, 6) is 0. The molecular formula is C15H25N3O2. The molecule has 0 aliphatic rings. The normalized spacial score (nSPS) is 11.0. The van der Waals surface area contributed by atoms with Gasteiger partial charge in [-0.15, -0.1) is 0 Å². The first-order chi connectivity index (χ1) is 9.28. The fraction of sp³-hybridized carbons (Fsp3) is 0.533. The second-order valence-electron chi connectivity index (χ2n) is 5.78. The van der Waals surface area contributed by atoms with Gasteiger partial charge in [-0.3, -0.25) is 0 Å². The lowest BCUT2D eigenvalue weighted by atomic mass is 10.2. The molecule has 0 heterocycles. The van der Waals surface area contributed by atoms with Gasteiger partial charge in [-0.25, -0.2) is 4.79 Å². The maximum atomic E-state index is 11.4. The van der Waals surface area contributed by atoms with Crippen molar-refractivity contribution in [1.29, 1.82) is 0 Å². The lowest BCUT2D eigenvalue weighted by Crippen LogP contribution is -2.33. The average Bonchev–Trinajstić information content (AvgIpc) is 2.31. The summed E-state index contributed by atoms with van der Waals surface area (Å²) in [6.45, 7) is 8.84. The minimum atomic E-state index is -0.457. The molecule has 0 spiro atoms. The fourth-order valence-corrected chi connectivity index (χ4v) is 1.58. The molecule has 0 aliphatic heterocycles. The Morgan fingerprint density at radius 2 is 2.00 bits per heavy atom. The van der Waals surface area contributed by atoms with Crippen molar-refractivity contribution in [2.24, 2.45) is 0 Å². The molecule has 0 saturated carbocycles. The average molecular weight is 279 g/mol. The van der Waals surface area contributed by atoms with E-state index in [9.17, 15) is 4.79 Å². The quantitative estimate of drug-likeness (QED) is 0.572. The zero-order valence-electron chi connectivity index (χ0n) is 12.7. The zero-order chi connectivity index (χ0) is 15.2. The fourth-order valence-electron chi connectivity index (χ4n) is 1.58. The Kier molecular flexibility index (Phi) is 5.67. The molecule has 0 atom stereocenters. The molecule has 1 aromatic rings. The van der Waals surface area contributed by atoms with Crippen molar-refractivity contribution in [3.05, 3.63) is 23.8 Å². The molecule has 0 bridgehead atoms. The van der Waals surface area contributed by atoms with Crippen LogP contribution in [-0.2, 0) is 4.74 Å². The molecule has 0 fully saturated rings. The van der Waals surface area contributed by atoms with E-state index in [1.54, 1.807) is 0 Å². The van der Waals surface area contributed by atoms with Crippen LogP contribution in [0.15, 0.2) is 18.2 Å². The first-order valence-electron chi connectivity index (χ1n) is 6.85. The van der Waals surface area contributed by atoms with Gasteiger partial charge in [0.1, 0.15) is 5.60 Å². The molecule has 1 amide bonds. The SMILES string of the molecule is Cc1ccc(NCCCNC(=O)OC(C)(C)C)cc1N. The number of ether oxygens (including phenoxy) is 1. The van der Waals surface area contributed by atoms with Crippen LogP contribution in [0.4, 0.5) is 16.2 Å². The summed E-state index contributed by atoms with van der Waals surface area (Å²) in [5.41, 5.74) is 8.22. The first kappa shape index (κ1) is 16.1. The minimum Gasteiger partial charge on any atom is -0.444 e. The zero-order valence-corrected chi connectivity index (χ0v) is 12.7. The lowest BCUT2D eigenvalue weighted by Gasteiger charge is -2.19. The summed E-state index contributed by atoms with van der Waals surface area (Å²) in [7, 11) is 0. The number of nitrogen functional groups attached to an aromatic ring is 1. The van der Waals surface area contributed by atoms with Gasteiger partial charge in [-0.05, 0) is 51.8 Å². The van der Waals surface area contributed by atoms with E-state index in [0.29, 0.717) is 6.54 Å². The highest BCUT2D eigenvalue weighted by molar-refractivity contribution is 5.67. The van der Waals surface area contributed by atoms with Crippen LogP contribution in [0.3, 0.4) is 0 Å². The van der Waals surface area contributed by atoms with Gasteiger partial charge in [0, 0.05) is 24.5 Å². The first-order valence-corrected chi connectivity index (χ1v) is 6.85. The van der Waals surface area contributed by atoms with Gasteiger partial charge in [-0.1, -0.05) is 6.07 Å². The maximum Gasteiger partial charge on any atom is 0.407 e. The Bertz CT molecular complexity index is 453. The summed E-state index contributed by atoms with van der Waals surface area (Å²) < 4.78 is 5.14. The third-order valence-corrected chi connectivity index (χ3v) is 2.63. The van der Waals surface area contributed by atoms with Crippen LogP contribution in [-0.4, -0.2) is 24.8 Å². The van der Waals surface area contributed by atoms with Gasteiger partial charge in [-0.2, -0.15) is 0 Å². The van der Waals surface area contributed by atoms with Gasteiger partial charge >= 0.3 is 6.09 Å². The summed E-state index contributed by atoms with van der Waals surface area (Å²) in [6, 6.07) is 5.89. The molecule has 0 saturated heterocycles. The van der Waals surface area contributed by atoms with Crippen LogP contribution < -0.4 is 16.4 Å². The van der Waals surface area contributed by atoms with E-state index in [4.69, 9.17) is 10.5 Å². The van der Waals surface area contributed by atoms with Gasteiger partial charge < -0.3 is 21.1 Å². The standard InChI is InChI=1S/C15H25N3O2/c1-11-6-7-12(10-13(11)16)17-8-5-9-18-14(19)20-15(2,3)4/h6-7,10,17H,5,8-9,16H2,1-4H3,(H,18,19). The molecule has 5 nitrogen and oxygen atoms in total. The number of carbonyl (C=O) groups is 1. The van der Waals surface area contributed by atoms with Crippen molar-refractivity contribution in [3.63, 3.8) is 0 Å². The Labute approximate surface area is 120 Å². The van der Waals surface area contributed by atoms with Crippen LogP contribution >= 0.6 is 0 Å². The van der Waals surface area contributed by atoms with Crippen molar-refractivity contribution in [1.82, 2.24) is 5.32 Å². The van der Waals surface area contributed by atoms with E-state index in [-0.39, 0.29) is 6.09 Å². The number of nitrogens with two attached hydrogens (primary N) is 1. The maximum absolute atomic E-state index is 11.4. The highest BCUT2D eigenvalue weighted by Gasteiger charge is 2.15. The molecule has 112 valence electrons. The van der Waals surface area contributed by atoms with Crippen molar-refractivity contribution >= 4 is 17.5 Å². The number of hydrogen-bond donors (Lipinski definition) is 3. The van der Waals surface area contributed by atoms with Crippen LogP contribution in [0.1, 0.15) is 32.8 Å². The lowest BCUT2D eigenvalue weighted by molar-refractivity contribution is 0.0528. The second kappa shape index (κ2) is 7.03. The van der Waals surface area contributed by atoms with Crippen LogP contribution in [0.25, 0.3) is 0 Å². The number of aryl methyl sites for hydroxylation is 1. The number of anilines is 2. The predicted octanol–water partition coefficient (Wildman–Crippen LogP) is 2.90. The number of carbonyl (C=O) groups excluding carboxylic acids is 1.